The van der Waals surface area contributed by atoms with E-state index in [4.69, 9.17) is 0 Å². The third kappa shape index (κ3) is 6.33. The van der Waals surface area contributed by atoms with E-state index in [1.165, 1.54) is 7.11 Å². The first-order chi connectivity index (χ1) is 9.63. The van der Waals surface area contributed by atoms with Gasteiger partial charge in [-0.2, -0.15) is 0 Å². The van der Waals surface area contributed by atoms with Gasteiger partial charge in [0.1, 0.15) is 0 Å². The molecule has 0 aliphatic rings. The number of esters is 1. The monoisotopic (exact) mass is 278 g/mol. The zero-order valence-electron chi connectivity index (χ0n) is 12.1. The number of aryl methyl sites for hydroxylation is 1. The van der Waals surface area contributed by atoms with E-state index in [0.29, 0.717) is 25.1 Å². The van der Waals surface area contributed by atoms with Gasteiger partial charge in [0.25, 0.3) is 5.91 Å². The second-order valence-corrected chi connectivity index (χ2v) is 4.55. The Bertz CT molecular complexity index is 429. The highest BCUT2D eigenvalue weighted by molar-refractivity contribution is 5.94. The molecule has 5 nitrogen and oxygen atoms in total. The van der Waals surface area contributed by atoms with Crippen LogP contribution in [0.15, 0.2) is 24.3 Å². The molecule has 0 saturated heterocycles. The van der Waals surface area contributed by atoms with E-state index in [1.807, 2.05) is 31.2 Å². The lowest BCUT2D eigenvalue weighted by atomic mass is 10.1. The topological polar surface area (TPSA) is 67.4 Å². The summed E-state index contributed by atoms with van der Waals surface area (Å²) in [5, 5.41) is 5.99. The van der Waals surface area contributed by atoms with E-state index in [1.54, 1.807) is 0 Å². The molecule has 5 heteroatoms. The molecule has 1 aromatic carbocycles. The van der Waals surface area contributed by atoms with Gasteiger partial charge in [-0.15, -0.1) is 0 Å². The average molecular weight is 278 g/mol. The number of carbonyl (C=O) groups excluding carboxylic acids is 2. The highest BCUT2D eigenvalue weighted by atomic mass is 16.5. The molecule has 1 amide bonds. The van der Waals surface area contributed by atoms with Crippen LogP contribution in [0.4, 0.5) is 0 Å². The first kappa shape index (κ1) is 16.2. The van der Waals surface area contributed by atoms with Gasteiger partial charge in [0.2, 0.25) is 0 Å². The first-order valence-electron chi connectivity index (χ1n) is 6.76. The zero-order chi connectivity index (χ0) is 14.8. The summed E-state index contributed by atoms with van der Waals surface area (Å²) in [7, 11) is 1.39. The third-order valence-corrected chi connectivity index (χ3v) is 2.86. The summed E-state index contributed by atoms with van der Waals surface area (Å²) in [6.07, 6.45) is 1.15. The fourth-order valence-electron chi connectivity index (χ4n) is 1.66. The lowest BCUT2D eigenvalue weighted by Gasteiger charge is -2.07. The summed E-state index contributed by atoms with van der Waals surface area (Å²) in [5.74, 6) is -0.263. The van der Waals surface area contributed by atoms with Gasteiger partial charge in [0.05, 0.1) is 7.11 Å². The quantitative estimate of drug-likeness (QED) is 0.555. The number of hydrogen-bond acceptors (Lipinski definition) is 4. The van der Waals surface area contributed by atoms with Gasteiger partial charge in [-0.1, -0.05) is 17.7 Å². The second kappa shape index (κ2) is 9.09. The molecular formula is C15H22N2O3. The molecule has 0 saturated carbocycles. The average Bonchev–Trinajstić information content (AvgIpc) is 2.46. The number of benzene rings is 1. The van der Waals surface area contributed by atoms with E-state index in [2.05, 4.69) is 15.4 Å². The number of hydrogen-bond donors (Lipinski definition) is 2. The van der Waals surface area contributed by atoms with E-state index in [-0.39, 0.29) is 11.9 Å². The molecule has 1 rings (SSSR count). The Hall–Kier alpha value is -1.88. The van der Waals surface area contributed by atoms with Crippen LogP contribution < -0.4 is 10.6 Å². The molecular weight excluding hydrogens is 256 g/mol. The van der Waals surface area contributed by atoms with E-state index in [9.17, 15) is 9.59 Å². The van der Waals surface area contributed by atoms with Crippen LogP contribution in [0.2, 0.25) is 0 Å². The van der Waals surface area contributed by atoms with Crippen LogP contribution in [0.25, 0.3) is 0 Å². The van der Waals surface area contributed by atoms with Gasteiger partial charge in [-0.3, -0.25) is 9.59 Å². The maximum Gasteiger partial charge on any atom is 0.305 e. The molecule has 0 bridgehead atoms. The van der Waals surface area contributed by atoms with Crippen LogP contribution in [-0.4, -0.2) is 38.6 Å². The van der Waals surface area contributed by atoms with Crippen molar-refractivity contribution >= 4 is 11.9 Å². The normalized spacial score (nSPS) is 10.1. The largest absolute Gasteiger partial charge is 0.469 e. The summed E-state index contributed by atoms with van der Waals surface area (Å²) in [6.45, 7) is 3.96. The summed E-state index contributed by atoms with van der Waals surface area (Å²) >= 11 is 0. The van der Waals surface area contributed by atoms with Crippen molar-refractivity contribution in [2.75, 3.05) is 26.7 Å². The Morgan fingerprint density at radius 1 is 1.10 bits per heavy atom. The van der Waals surface area contributed by atoms with Crippen LogP contribution >= 0.6 is 0 Å². The Morgan fingerprint density at radius 2 is 1.80 bits per heavy atom. The number of ether oxygens (including phenoxy) is 1. The van der Waals surface area contributed by atoms with E-state index < -0.39 is 0 Å². The smallest absolute Gasteiger partial charge is 0.305 e. The molecule has 0 aliphatic heterocycles. The van der Waals surface area contributed by atoms with Crippen LogP contribution in [0.5, 0.6) is 0 Å². The van der Waals surface area contributed by atoms with Gasteiger partial charge < -0.3 is 15.4 Å². The van der Waals surface area contributed by atoms with Crippen LogP contribution in [0.1, 0.15) is 28.8 Å². The van der Waals surface area contributed by atoms with Crippen molar-refractivity contribution in [2.24, 2.45) is 0 Å². The highest BCUT2D eigenvalue weighted by Crippen LogP contribution is 2.02. The minimum absolute atomic E-state index is 0.0682. The molecule has 0 radical (unpaired) electrons. The summed E-state index contributed by atoms with van der Waals surface area (Å²) < 4.78 is 4.54. The molecule has 2 N–H and O–H groups in total. The molecule has 0 fully saturated rings. The SMILES string of the molecule is COC(=O)CCCNCCNC(=O)c1ccc(C)cc1. The van der Waals surface area contributed by atoms with Crippen molar-refractivity contribution in [3.63, 3.8) is 0 Å². The van der Waals surface area contributed by atoms with Gasteiger partial charge in [0, 0.05) is 25.1 Å². The van der Waals surface area contributed by atoms with Gasteiger partial charge in [-0.05, 0) is 32.0 Å². The number of methoxy groups -OCH3 is 1. The fraction of sp³-hybridized carbons (Fsp3) is 0.467. The van der Waals surface area contributed by atoms with Crippen LogP contribution in [0, 0.1) is 6.92 Å². The molecule has 1 aromatic rings. The minimum atomic E-state index is -0.195. The molecule has 0 aliphatic carbocycles. The Morgan fingerprint density at radius 3 is 2.45 bits per heavy atom. The lowest BCUT2D eigenvalue weighted by molar-refractivity contribution is -0.140. The van der Waals surface area contributed by atoms with Crippen molar-refractivity contribution in [3.05, 3.63) is 35.4 Å². The predicted molar refractivity (Wildman–Crippen MR) is 77.6 cm³/mol. The number of nitrogens with one attached hydrogen (secondary N) is 2. The zero-order valence-corrected chi connectivity index (χ0v) is 12.1. The standard InChI is InChI=1S/C15H22N2O3/c1-12-5-7-13(8-6-12)15(19)17-11-10-16-9-3-4-14(18)20-2/h5-8,16H,3-4,9-11H2,1-2H3,(H,17,19). The second-order valence-electron chi connectivity index (χ2n) is 4.55. The van der Waals surface area contributed by atoms with Crippen molar-refractivity contribution < 1.29 is 14.3 Å². The van der Waals surface area contributed by atoms with Crippen molar-refractivity contribution in [2.45, 2.75) is 19.8 Å². The molecule has 110 valence electrons. The summed E-state index contributed by atoms with van der Waals surface area (Å²) in [4.78, 5) is 22.6. The maximum absolute atomic E-state index is 11.8. The fourth-order valence-corrected chi connectivity index (χ4v) is 1.66. The molecule has 0 heterocycles. The first-order valence-corrected chi connectivity index (χ1v) is 6.76. The molecule has 0 atom stereocenters. The van der Waals surface area contributed by atoms with Crippen molar-refractivity contribution in [3.8, 4) is 0 Å². The van der Waals surface area contributed by atoms with Gasteiger partial charge in [-0.25, -0.2) is 0 Å². The minimum Gasteiger partial charge on any atom is -0.469 e. The Balaban J connectivity index is 2.08. The molecule has 0 unspecified atom stereocenters. The number of amides is 1. The molecule has 20 heavy (non-hydrogen) atoms. The van der Waals surface area contributed by atoms with Crippen molar-refractivity contribution in [1.29, 1.82) is 0 Å². The van der Waals surface area contributed by atoms with E-state index in [0.717, 1.165) is 18.5 Å². The predicted octanol–water partition coefficient (Wildman–Crippen LogP) is 1.27. The molecule has 0 aromatic heterocycles. The lowest BCUT2D eigenvalue weighted by Crippen LogP contribution is -2.32. The highest BCUT2D eigenvalue weighted by Gasteiger charge is 2.03. The summed E-state index contributed by atoms with van der Waals surface area (Å²) in [6, 6.07) is 7.46. The number of carbonyl (C=O) groups is 2. The maximum atomic E-state index is 11.8. The van der Waals surface area contributed by atoms with Gasteiger partial charge >= 0.3 is 5.97 Å². The Labute approximate surface area is 119 Å². The Kier molecular flexibility index (Phi) is 7.35. The van der Waals surface area contributed by atoms with Crippen molar-refractivity contribution in [1.82, 2.24) is 10.6 Å². The third-order valence-electron chi connectivity index (χ3n) is 2.86. The molecule has 0 spiro atoms. The van der Waals surface area contributed by atoms with Crippen LogP contribution in [0.3, 0.4) is 0 Å². The summed E-state index contributed by atoms with van der Waals surface area (Å²) in [5.41, 5.74) is 1.80. The van der Waals surface area contributed by atoms with Gasteiger partial charge in [0.15, 0.2) is 0 Å². The van der Waals surface area contributed by atoms with Crippen LogP contribution in [-0.2, 0) is 9.53 Å². The number of rotatable bonds is 8. The van der Waals surface area contributed by atoms with E-state index >= 15 is 0 Å².